The molecule has 0 bridgehead atoms. The second-order valence-electron chi connectivity index (χ2n) is 10.9. The van der Waals surface area contributed by atoms with Crippen LogP contribution in [0.1, 0.15) is 76.7 Å². The first-order valence-electron chi connectivity index (χ1n) is 14.6. The van der Waals surface area contributed by atoms with E-state index in [1.807, 2.05) is 36.4 Å². The van der Waals surface area contributed by atoms with Gasteiger partial charge in [-0.25, -0.2) is 0 Å². The molecule has 1 N–H and O–H groups in total. The zero-order chi connectivity index (χ0) is 27.9. The van der Waals surface area contributed by atoms with E-state index in [4.69, 9.17) is 28.4 Å². The van der Waals surface area contributed by atoms with Crippen LogP contribution in [0.4, 0.5) is 0 Å². The van der Waals surface area contributed by atoms with E-state index in [0.29, 0.717) is 26.4 Å². The van der Waals surface area contributed by atoms with Gasteiger partial charge in [0.2, 0.25) is 0 Å². The third-order valence-electron chi connectivity index (χ3n) is 7.78. The van der Waals surface area contributed by atoms with Crippen LogP contribution in [-0.4, -0.2) is 62.9 Å². The predicted octanol–water partition coefficient (Wildman–Crippen LogP) is 6.34. The summed E-state index contributed by atoms with van der Waals surface area (Å²) in [5, 5.41) is 11.0. The number of ether oxygens (including phenoxy) is 6. The first-order chi connectivity index (χ1) is 19.0. The summed E-state index contributed by atoms with van der Waals surface area (Å²) in [6, 6.07) is 7.90. The van der Waals surface area contributed by atoms with Gasteiger partial charge < -0.3 is 33.5 Å². The molecular weight excluding hydrogens is 496 g/mol. The van der Waals surface area contributed by atoms with E-state index in [2.05, 4.69) is 19.6 Å². The fraction of sp³-hybridized carbons (Fsp3) is 0.688. The number of unbranched alkanes of at least 4 members (excludes halogenated alkanes) is 1. The lowest BCUT2D eigenvalue weighted by molar-refractivity contribution is -0.296. The Morgan fingerprint density at radius 2 is 1.90 bits per heavy atom. The summed E-state index contributed by atoms with van der Waals surface area (Å²) in [4.78, 5) is 0. The Bertz CT molecular complexity index is 841. The van der Waals surface area contributed by atoms with Crippen molar-refractivity contribution < 1.29 is 33.5 Å². The van der Waals surface area contributed by atoms with Gasteiger partial charge in [0, 0.05) is 26.4 Å². The molecule has 1 aromatic rings. The number of hydrogen-bond acceptors (Lipinski definition) is 7. The molecule has 220 valence electrons. The normalized spacial score (nSPS) is 26.7. The largest absolute Gasteiger partial charge is 0.497 e. The topological polar surface area (TPSA) is 75.6 Å². The molecule has 1 spiro atoms. The van der Waals surface area contributed by atoms with E-state index in [-0.39, 0.29) is 24.2 Å². The van der Waals surface area contributed by atoms with E-state index in [1.54, 1.807) is 14.2 Å². The molecule has 3 rings (SSSR count). The van der Waals surface area contributed by atoms with Crippen molar-refractivity contribution in [2.45, 2.75) is 108 Å². The first-order valence-corrected chi connectivity index (χ1v) is 14.6. The van der Waals surface area contributed by atoms with E-state index in [9.17, 15) is 5.11 Å². The molecular formula is C32H50O7. The standard InChI is InChI=1S/C32H50O7/c1-5-6-8-11-28(37-24-34-3)22-29-18-20-32(38-29)19-17-25(2)31(39-32)30(33)12-9-7-10-21-36-23-26-13-15-27(35-4)16-14-26/h5,7,9,13-16,25,28-31,33H,1,6,8,10-12,17-24H2,2-4H3/b9-7-/t25-,28+,29+,30+,31-,32+/m1/s1. The number of aliphatic hydroxyl groups is 1. The lowest BCUT2D eigenvalue weighted by Crippen LogP contribution is -2.49. The monoisotopic (exact) mass is 546 g/mol. The van der Waals surface area contributed by atoms with E-state index < -0.39 is 11.9 Å². The minimum absolute atomic E-state index is 0.0966. The van der Waals surface area contributed by atoms with Crippen molar-refractivity contribution in [3.63, 3.8) is 0 Å². The number of aliphatic hydroxyl groups excluding tert-OH is 1. The highest BCUT2D eigenvalue weighted by atomic mass is 16.7. The Kier molecular flexibility index (Phi) is 14.0. The van der Waals surface area contributed by atoms with Crippen LogP contribution in [0.15, 0.2) is 49.1 Å². The molecule has 6 atom stereocenters. The van der Waals surface area contributed by atoms with Crippen LogP contribution < -0.4 is 4.74 Å². The van der Waals surface area contributed by atoms with Gasteiger partial charge in [-0.2, -0.15) is 0 Å². The minimum Gasteiger partial charge on any atom is -0.497 e. The maximum atomic E-state index is 11.0. The highest BCUT2D eigenvalue weighted by molar-refractivity contribution is 5.26. The van der Waals surface area contributed by atoms with E-state index in [1.165, 1.54) is 0 Å². The number of benzene rings is 1. The number of allylic oxidation sites excluding steroid dienone is 1. The molecule has 2 aliphatic heterocycles. The molecule has 2 aliphatic rings. The van der Waals surface area contributed by atoms with Gasteiger partial charge >= 0.3 is 0 Å². The second kappa shape index (κ2) is 17.2. The molecule has 7 heteroatoms. The van der Waals surface area contributed by atoms with Gasteiger partial charge in [0.05, 0.1) is 44.7 Å². The van der Waals surface area contributed by atoms with Crippen LogP contribution in [0.25, 0.3) is 0 Å². The van der Waals surface area contributed by atoms with Gasteiger partial charge in [0.1, 0.15) is 12.5 Å². The second-order valence-corrected chi connectivity index (χ2v) is 10.9. The lowest BCUT2D eigenvalue weighted by atomic mass is 9.87. The van der Waals surface area contributed by atoms with Crippen molar-refractivity contribution >= 4 is 0 Å². The zero-order valence-corrected chi connectivity index (χ0v) is 24.2. The molecule has 0 amide bonds. The van der Waals surface area contributed by atoms with Crippen molar-refractivity contribution in [2.75, 3.05) is 27.6 Å². The summed E-state index contributed by atoms with van der Waals surface area (Å²) in [6.45, 7) is 7.48. The highest BCUT2D eigenvalue weighted by Crippen LogP contribution is 2.44. The molecule has 0 unspecified atom stereocenters. The molecule has 0 radical (unpaired) electrons. The average Bonchev–Trinajstić information content (AvgIpc) is 3.34. The minimum atomic E-state index is -0.589. The summed E-state index contributed by atoms with van der Waals surface area (Å²) >= 11 is 0. The number of methoxy groups -OCH3 is 2. The predicted molar refractivity (Wildman–Crippen MR) is 153 cm³/mol. The van der Waals surface area contributed by atoms with Crippen molar-refractivity contribution in [1.82, 2.24) is 0 Å². The quantitative estimate of drug-likeness (QED) is 0.131. The summed E-state index contributed by atoms with van der Waals surface area (Å²) in [5.74, 6) is 0.540. The lowest BCUT2D eigenvalue weighted by Gasteiger charge is -2.43. The van der Waals surface area contributed by atoms with Gasteiger partial charge in [0.15, 0.2) is 5.79 Å². The summed E-state index contributed by atoms with van der Waals surface area (Å²) in [6.07, 6.45) is 14.3. The van der Waals surface area contributed by atoms with Gasteiger partial charge in [-0.1, -0.05) is 37.3 Å². The Morgan fingerprint density at radius 3 is 2.64 bits per heavy atom. The average molecular weight is 547 g/mol. The fourth-order valence-electron chi connectivity index (χ4n) is 5.50. The Labute approximate surface area is 235 Å². The Balaban J connectivity index is 1.39. The van der Waals surface area contributed by atoms with Crippen molar-refractivity contribution in [3.05, 3.63) is 54.6 Å². The van der Waals surface area contributed by atoms with Gasteiger partial charge in [-0.15, -0.1) is 6.58 Å². The molecule has 2 saturated heterocycles. The maximum Gasteiger partial charge on any atom is 0.169 e. The van der Waals surface area contributed by atoms with Gasteiger partial charge in [-0.3, -0.25) is 0 Å². The third-order valence-corrected chi connectivity index (χ3v) is 7.78. The summed E-state index contributed by atoms with van der Waals surface area (Å²) in [5.41, 5.74) is 1.12. The molecule has 0 aliphatic carbocycles. The van der Waals surface area contributed by atoms with E-state index >= 15 is 0 Å². The molecule has 7 nitrogen and oxygen atoms in total. The number of rotatable bonds is 18. The highest BCUT2D eigenvalue weighted by Gasteiger charge is 2.48. The molecule has 39 heavy (non-hydrogen) atoms. The van der Waals surface area contributed by atoms with Gasteiger partial charge in [-0.05, 0) is 68.6 Å². The molecule has 2 heterocycles. The molecule has 2 fully saturated rings. The van der Waals surface area contributed by atoms with Crippen molar-refractivity contribution in [3.8, 4) is 5.75 Å². The van der Waals surface area contributed by atoms with Crippen LogP contribution in [0, 0.1) is 5.92 Å². The van der Waals surface area contributed by atoms with Crippen LogP contribution in [-0.2, 0) is 30.3 Å². The zero-order valence-electron chi connectivity index (χ0n) is 24.2. The Hall–Kier alpha value is -1.74. The Morgan fingerprint density at radius 1 is 1.10 bits per heavy atom. The van der Waals surface area contributed by atoms with Gasteiger partial charge in [0.25, 0.3) is 0 Å². The van der Waals surface area contributed by atoms with Crippen molar-refractivity contribution in [2.24, 2.45) is 5.92 Å². The number of hydrogen-bond donors (Lipinski definition) is 1. The first kappa shape index (κ1) is 31.8. The third kappa shape index (κ3) is 10.6. The van der Waals surface area contributed by atoms with Crippen molar-refractivity contribution in [1.29, 1.82) is 0 Å². The van der Waals surface area contributed by atoms with Crippen LogP contribution in [0.2, 0.25) is 0 Å². The SMILES string of the molecule is C=CCCC[C@@H](C[C@@H]1CC[C@@]2(CC[C@@H](C)[C@H]([C@@H](O)C/C=C\CCOCc3ccc(OC)cc3)O2)O1)OCOC. The summed E-state index contributed by atoms with van der Waals surface area (Å²) in [7, 11) is 3.31. The summed E-state index contributed by atoms with van der Waals surface area (Å²) < 4.78 is 35.1. The van der Waals surface area contributed by atoms with E-state index in [0.717, 1.165) is 69.1 Å². The van der Waals surface area contributed by atoms with Crippen LogP contribution >= 0.6 is 0 Å². The smallest absolute Gasteiger partial charge is 0.169 e. The maximum absolute atomic E-state index is 11.0. The van der Waals surface area contributed by atoms with Crippen LogP contribution in [0.3, 0.4) is 0 Å². The van der Waals surface area contributed by atoms with Crippen LogP contribution in [0.5, 0.6) is 5.75 Å². The molecule has 0 aromatic heterocycles. The fourth-order valence-corrected chi connectivity index (χ4v) is 5.50. The molecule has 1 aromatic carbocycles. The molecule has 0 saturated carbocycles.